The average molecular weight is 481 g/mol. The van der Waals surface area contributed by atoms with Gasteiger partial charge >= 0.3 is 5.97 Å². The molecule has 0 spiro atoms. The van der Waals surface area contributed by atoms with Gasteiger partial charge < -0.3 is 14.2 Å². The highest BCUT2D eigenvalue weighted by Gasteiger charge is 2.38. The van der Waals surface area contributed by atoms with E-state index in [0.717, 1.165) is 38.4 Å². The second kappa shape index (κ2) is 15.6. The van der Waals surface area contributed by atoms with E-state index in [0.29, 0.717) is 23.1 Å². The highest BCUT2D eigenvalue weighted by atomic mass is 16.5. The summed E-state index contributed by atoms with van der Waals surface area (Å²) >= 11 is 0. The smallest absolute Gasteiger partial charge is 0.343 e. The van der Waals surface area contributed by atoms with Gasteiger partial charge in [0.2, 0.25) is 0 Å². The van der Waals surface area contributed by atoms with E-state index in [9.17, 15) is 4.79 Å². The SMILES string of the molecule is CCCCCCCCOc1ccc(OC(=O)c2ccc([C@@H]3C[C@H]3COCCCCCC)cc2)cc1. The zero-order valence-corrected chi connectivity index (χ0v) is 21.8. The molecule has 0 unspecified atom stereocenters. The van der Waals surface area contributed by atoms with Gasteiger partial charge in [-0.25, -0.2) is 4.79 Å². The Balaban J connectivity index is 1.33. The van der Waals surface area contributed by atoms with Crippen molar-refractivity contribution in [2.45, 2.75) is 90.4 Å². The summed E-state index contributed by atoms with van der Waals surface area (Å²) in [6.07, 6.45) is 13.6. The van der Waals surface area contributed by atoms with Gasteiger partial charge in [0.25, 0.3) is 0 Å². The summed E-state index contributed by atoms with van der Waals surface area (Å²) in [5, 5.41) is 0. The quantitative estimate of drug-likeness (QED) is 0.122. The Kier molecular flexibility index (Phi) is 12.2. The minimum atomic E-state index is -0.333. The number of carbonyl (C=O) groups excluding carboxylic acids is 1. The lowest BCUT2D eigenvalue weighted by Gasteiger charge is -2.08. The molecule has 2 aromatic rings. The largest absolute Gasteiger partial charge is 0.494 e. The van der Waals surface area contributed by atoms with E-state index in [-0.39, 0.29) is 5.97 Å². The molecule has 1 fully saturated rings. The lowest BCUT2D eigenvalue weighted by Crippen LogP contribution is -2.08. The van der Waals surface area contributed by atoms with Crippen molar-refractivity contribution < 1.29 is 19.0 Å². The molecule has 0 aromatic heterocycles. The van der Waals surface area contributed by atoms with E-state index in [4.69, 9.17) is 14.2 Å². The van der Waals surface area contributed by atoms with Crippen LogP contribution in [0.15, 0.2) is 48.5 Å². The van der Waals surface area contributed by atoms with Gasteiger partial charge in [0.15, 0.2) is 0 Å². The van der Waals surface area contributed by atoms with Crippen LogP contribution in [-0.2, 0) is 4.74 Å². The lowest BCUT2D eigenvalue weighted by molar-refractivity contribution is 0.0734. The van der Waals surface area contributed by atoms with E-state index in [1.807, 2.05) is 24.3 Å². The zero-order valence-electron chi connectivity index (χ0n) is 21.8. The topological polar surface area (TPSA) is 44.8 Å². The third-order valence-electron chi connectivity index (χ3n) is 6.77. The van der Waals surface area contributed by atoms with Crippen molar-refractivity contribution in [2.24, 2.45) is 5.92 Å². The zero-order chi connectivity index (χ0) is 24.7. The number of carbonyl (C=O) groups is 1. The van der Waals surface area contributed by atoms with Crippen molar-refractivity contribution in [2.75, 3.05) is 19.8 Å². The third-order valence-corrected chi connectivity index (χ3v) is 6.77. The van der Waals surface area contributed by atoms with E-state index in [2.05, 4.69) is 26.0 Å². The Morgan fingerprint density at radius 1 is 0.743 bits per heavy atom. The molecule has 0 saturated heterocycles. The second-order valence-electron chi connectivity index (χ2n) is 9.84. The van der Waals surface area contributed by atoms with Crippen LogP contribution in [0.5, 0.6) is 11.5 Å². The van der Waals surface area contributed by atoms with Crippen molar-refractivity contribution in [3.05, 3.63) is 59.7 Å². The first kappa shape index (κ1) is 27.3. The van der Waals surface area contributed by atoms with E-state index >= 15 is 0 Å². The van der Waals surface area contributed by atoms with Crippen LogP contribution in [0.1, 0.15) is 106 Å². The summed E-state index contributed by atoms with van der Waals surface area (Å²) < 4.78 is 17.2. The van der Waals surface area contributed by atoms with Crippen molar-refractivity contribution >= 4 is 5.97 Å². The minimum absolute atomic E-state index is 0.333. The van der Waals surface area contributed by atoms with Gasteiger partial charge in [-0.2, -0.15) is 0 Å². The molecule has 0 bridgehead atoms. The molecule has 35 heavy (non-hydrogen) atoms. The van der Waals surface area contributed by atoms with Crippen LogP contribution in [0.3, 0.4) is 0 Å². The van der Waals surface area contributed by atoms with E-state index < -0.39 is 0 Å². The van der Waals surface area contributed by atoms with E-state index in [1.165, 1.54) is 63.4 Å². The van der Waals surface area contributed by atoms with Crippen molar-refractivity contribution in [1.29, 1.82) is 0 Å². The summed E-state index contributed by atoms with van der Waals surface area (Å²) in [5.74, 6) is 2.18. The second-order valence-corrected chi connectivity index (χ2v) is 9.84. The minimum Gasteiger partial charge on any atom is -0.494 e. The summed E-state index contributed by atoms with van der Waals surface area (Å²) in [7, 11) is 0. The Bertz CT molecular complexity index is 843. The Hall–Kier alpha value is -2.33. The van der Waals surface area contributed by atoms with Crippen LogP contribution in [-0.4, -0.2) is 25.8 Å². The van der Waals surface area contributed by atoms with Crippen LogP contribution in [0.2, 0.25) is 0 Å². The Labute approximate surface area is 212 Å². The molecular weight excluding hydrogens is 436 g/mol. The first-order valence-electron chi connectivity index (χ1n) is 13.8. The predicted molar refractivity (Wildman–Crippen MR) is 143 cm³/mol. The summed E-state index contributed by atoms with van der Waals surface area (Å²) in [5.41, 5.74) is 1.86. The lowest BCUT2D eigenvalue weighted by atomic mass is 10.1. The number of benzene rings is 2. The monoisotopic (exact) mass is 480 g/mol. The number of ether oxygens (including phenoxy) is 3. The maximum Gasteiger partial charge on any atom is 0.343 e. The normalized spacial score (nSPS) is 16.7. The number of hydrogen-bond donors (Lipinski definition) is 0. The first-order chi connectivity index (χ1) is 17.2. The van der Waals surface area contributed by atoms with Crippen LogP contribution in [0.25, 0.3) is 0 Å². The van der Waals surface area contributed by atoms with Gasteiger partial charge in [-0.15, -0.1) is 0 Å². The molecule has 2 aromatic carbocycles. The Morgan fingerprint density at radius 3 is 2.06 bits per heavy atom. The number of unbranched alkanes of at least 4 members (excludes halogenated alkanes) is 8. The molecule has 0 aliphatic heterocycles. The molecule has 0 radical (unpaired) electrons. The van der Waals surface area contributed by atoms with Gasteiger partial charge in [-0.3, -0.25) is 0 Å². The summed E-state index contributed by atoms with van der Waals surface area (Å²) in [4.78, 5) is 12.6. The van der Waals surface area contributed by atoms with Gasteiger partial charge in [-0.05, 0) is 73.1 Å². The predicted octanol–water partition coefficient (Wildman–Crippen LogP) is 8.35. The van der Waals surface area contributed by atoms with Crippen molar-refractivity contribution in [1.82, 2.24) is 0 Å². The van der Waals surface area contributed by atoms with Crippen LogP contribution in [0.4, 0.5) is 0 Å². The van der Waals surface area contributed by atoms with E-state index in [1.54, 1.807) is 12.1 Å². The summed E-state index contributed by atoms with van der Waals surface area (Å²) in [6.45, 7) is 6.91. The van der Waals surface area contributed by atoms with Crippen LogP contribution < -0.4 is 9.47 Å². The highest BCUT2D eigenvalue weighted by Crippen LogP contribution is 2.47. The van der Waals surface area contributed by atoms with Gasteiger partial charge in [-0.1, -0.05) is 77.3 Å². The fourth-order valence-corrected chi connectivity index (χ4v) is 4.41. The standard InChI is InChI=1S/C31H44O4/c1-3-5-7-9-10-12-22-34-28-17-19-29(20-18-28)35-31(32)26-15-13-25(14-16-26)30-23-27(30)24-33-21-11-8-6-4-2/h13-20,27,30H,3-12,21-24H2,1-2H3/t27-,30-/m0/s1. The molecule has 3 rings (SSSR count). The average Bonchev–Trinajstić information content (AvgIpc) is 3.66. The summed E-state index contributed by atoms with van der Waals surface area (Å²) in [6, 6.07) is 15.2. The molecule has 0 heterocycles. The van der Waals surface area contributed by atoms with Gasteiger partial charge in [0.05, 0.1) is 12.2 Å². The van der Waals surface area contributed by atoms with Gasteiger partial charge in [0, 0.05) is 13.2 Å². The third kappa shape index (κ3) is 10.0. The fraction of sp³-hybridized carbons (Fsp3) is 0.581. The molecule has 4 heteroatoms. The molecule has 1 aliphatic rings. The highest BCUT2D eigenvalue weighted by molar-refractivity contribution is 5.91. The molecule has 2 atom stereocenters. The number of rotatable bonds is 18. The molecule has 1 saturated carbocycles. The number of hydrogen-bond acceptors (Lipinski definition) is 4. The van der Waals surface area contributed by atoms with Crippen molar-refractivity contribution in [3.8, 4) is 11.5 Å². The Morgan fingerprint density at radius 2 is 1.34 bits per heavy atom. The fourth-order valence-electron chi connectivity index (χ4n) is 4.41. The van der Waals surface area contributed by atoms with Gasteiger partial charge in [0.1, 0.15) is 11.5 Å². The molecule has 0 amide bonds. The molecule has 0 N–H and O–H groups in total. The molecule has 1 aliphatic carbocycles. The van der Waals surface area contributed by atoms with Crippen molar-refractivity contribution in [3.63, 3.8) is 0 Å². The first-order valence-corrected chi connectivity index (χ1v) is 13.8. The molecule has 192 valence electrons. The maximum absolute atomic E-state index is 12.6. The molecular formula is C31H44O4. The van der Waals surface area contributed by atoms with Crippen LogP contribution >= 0.6 is 0 Å². The molecule has 4 nitrogen and oxygen atoms in total. The maximum atomic E-state index is 12.6. The van der Waals surface area contributed by atoms with Crippen LogP contribution in [0, 0.1) is 5.92 Å². The number of esters is 1.